The van der Waals surface area contributed by atoms with Crippen LogP contribution in [0.5, 0.6) is 0 Å². The summed E-state index contributed by atoms with van der Waals surface area (Å²) in [6.45, 7) is 2.37. The van der Waals surface area contributed by atoms with Crippen LogP contribution in [0.15, 0.2) is 0 Å². The lowest BCUT2D eigenvalue weighted by Crippen LogP contribution is -2.25. The Morgan fingerprint density at radius 1 is 1.50 bits per heavy atom. The van der Waals surface area contributed by atoms with Crippen molar-refractivity contribution in [3.05, 3.63) is 0 Å². The molecule has 0 spiro atoms. The minimum absolute atomic E-state index is 0.0648. The van der Waals surface area contributed by atoms with Crippen molar-refractivity contribution in [2.45, 2.75) is 6.42 Å². The summed E-state index contributed by atoms with van der Waals surface area (Å²) in [5.41, 5.74) is 0. The second kappa shape index (κ2) is 2.47. The van der Waals surface area contributed by atoms with Crippen molar-refractivity contribution in [3.8, 4) is 0 Å². The normalized spacial score (nSPS) is 28.1. The summed E-state index contributed by atoms with van der Waals surface area (Å²) in [6, 6.07) is 0. The molecule has 2 saturated heterocycles. The fraction of sp³-hybridized carbons (Fsp3) is 0.750. The fourth-order valence-corrected chi connectivity index (χ4v) is 1.56. The molecule has 2 aliphatic rings. The van der Waals surface area contributed by atoms with Gasteiger partial charge < -0.3 is 9.80 Å². The van der Waals surface area contributed by atoms with Crippen molar-refractivity contribution in [2.75, 3.05) is 26.7 Å². The third kappa shape index (κ3) is 1.17. The van der Waals surface area contributed by atoms with Crippen LogP contribution >= 0.6 is 0 Å². The molecule has 0 aromatic carbocycles. The largest absolute Gasteiger partial charge is 0.345 e. The minimum atomic E-state index is -0.0648. The van der Waals surface area contributed by atoms with E-state index in [1.807, 2.05) is 0 Å². The van der Waals surface area contributed by atoms with Gasteiger partial charge in [-0.15, -0.1) is 0 Å². The molecule has 12 heavy (non-hydrogen) atoms. The molecular formula is C8H12N2O2. The lowest BCUT2D eigenvalue weighted by molar-refractivity contribution is -0.131. The van der Waals surface area contributed by atoms with E-state index in [-0.39, 0.29) is 17.7 Å². The summed E-state index contributed by atoms with van der Waals surface area (Å²) in [7, 11) is 1.75. The molecule has 0 bridgehead atoms. The number of hydrogen-bond donors (Lipinski definition) is 0. The summed E-state index contributed by atoms with van der Waals surface area (Å²) >= 11 is 0. The second-order valence-electron chi connectivity index (χ2n) is 3.50. The van der Waals surface area contributed by atoms with Gasteiger partial charge in [0.2, 0.25) is 11.8 Å². The monoisotopic (exact) mass is 168 g/mol. The Balaban J connectivity index is 1.97. The van der Waals surface area contributed by atoms with E-state index in [4.69, 9.17) is 0 Å². The third-order valence-electron chi connectivity index (χ3n) is 2.45. The highest BCUT2D eigenvalue weighted by Crippen LogP contribution is 2.21. The Labute approximate surface area is 71.1 Å². The summed E-state index contributed by atoms with van der Waals surface area (Å²) in [4.78, 5) is 26.0. The number of carbonyl (C=O) groups excluding carboxylic acids is 2. The van der Waals surface area contributed by atoms with Gasteiger partial charge in [0.15, 0.2) is 0 Å². The van der Waals surface area contributed by atoms with E-state index in [1.165, 1.54) is 0 Å². The Bertz CT molecular complexity index is 235. The SMILES string of the molecule is CN1CC(C(=O)N2CC2)CC1=O. The molecule has 2 amide bonds. The summed E-state index contributed by atoms with van der Waals surface area (Å²) in [6.07, 6.45) is 0.409. The van der Waals surface area contributed by atoms with Crippen molar-refractivity contribution in [2.24, 2.45) is 5.92 Å². The Morgan fingerprint density at radius 2 is 2.17 bits per heavy atom. The first-order chi connectivity index (χ1) is 5.68. The van der Waals surface area contributed by atoms with Crippen LogP contribution in [0.2, 0.25) is 0 Å². The molecule has 2 aliphatic heterocycles. The van der Waals surface area contributed by atoms with Crippen LogP contribution in [0.3, 0.4) is 0 Å². The van der Waals surface area contributed by atoms with E-state index in [1.54, 1.807) is 16.8 Å². The van der Waals surface area contributed by atoms with Crippen LogP contribution in [0.4, 0.5) is 0 Å². The molecule has 1 unspecified atom stereocenters. The summed E-state index contributed by atoms with van der Waals surface area (Å²) in [5.74, 6) is 0.188. The maximum atomic E-state index is 11.4. The van der Waals surface area contributed by atoms with Crippen molar-refractivity contribution in [1.82, 2.24) is 9.80 Å². The zero-order valence-corrected chi connectivity index (χ0v) is 7.12. The van der Waals surface area contributed by atoms with Crippen LogP contribution in [-0.2, 0) is 9.59 Å². The smallest absolute Gasteiger partial charge is 0.228 e. The number of likely N-dealkylation sites (tertiary alicyclic amines) is 1. The van der Waals surface area contributed by atoms with Crippen molar-refractivity contribution in [3.63, 3.8) is 0 Å². The van der Waals surface area contributed by atoms with Gasteiger partial charge in [-0.3, -0.25) is 9.59 Å². The maximum absolute atomic E-state index is 11.4. The van der Waals surface area contributed by atoms with Gasteiger partial charge in [0, 0.05) is 33.1 Å². The number of hydrogen-bond acceptors (Lipinski definition) is 2. The van der Waals surface area contributed by atoms with Gasteiger partial charge in [-0.2, -0.15) is 0 Å². The molecule has 66 valence electrons. The molecule has 1 atom stereocenters. The molecule has 4 heteroatoms. The zero-order valence-electron chi connectivity index (χ0n) is 7.12. The van der Waals surface area contributed by atoms with Crippen LogP contribution in [-0.4, -0.2) is 48.3 Å². The molecular weight excluding hydrogens is 156 g/mol. The highest BCUT2D eigenvalue weighted by atomic mass is 16.2. The standard InChI is InChI=1S/C8H12N2O2/c1-9-5-6(4-7(9)11)8(12)10-2-3-10/h6H,2-5H2,1H3. The molecule has 0 aromatic rings. The van der Waals surface area contributed by atoms with E-state index in [2.05, 4.69) is 0 Å². The highest BCUT2D eigenvalue weighted by Gasteiger charge is 2.37. The third-order valence-corrected chi connectivity index (χ3v) is 2.45. The second-order valence-corrected chi connectivity index (χ2v) is 3.50. The molecule has 0 saturated carbocycles. The average molecular weight is 168 g/mol. The summed E-state index contributed by atoms with van der Waals surface area (Å²) < 4.78 is 0. The molecule has 0 aliphatic carbocycles. The zero-order chi connectivity index (χ0) is 8.72. The summed E-state index contributed by atoms with van der Waals surface area (Å²) in [5, 5.41) is 0. The van der Waals surface area contributed by atoms with E-state index in [9.17, 15) is 9.59 Å². The van der Waals surface area contributed by atoms with Crippen molar-refractivity contribution in [1.29, 1.82) is 0 Å². The van der Waals surface area contributed by atoms with E-state index in [0.29, 0.717) is 13.0 Å². The predicted octanol–water partition coefficient (Wildman–Crippen LogP) is -0.693. The lowest BCUT2D eigenvalue weighted by atomic mass is 10.1. The quantitative estimate of drug-likeness (QED) is 0.486. The number of amides is 2. The van der Waals surface area contributed by atoms with Crippen LogP contribution in [0.25, 0.3) is 0 Å². The average Bonchev–Trinajstić information content (AvgIpc) is 2.80. The highest BCUT2D eigenvalue weighted by molar-refractivity contribution is 5.89. The van der Waals surface area contributed by atoms with Gasteiger partial charge >= 0.3 is 0 Å². The van der Waals surface area contributed by atoms with Crippen molar-refractivity contribution >= 4 is 11.8 Å². The van der Waals surface area contributed by atoms with Gasteiger partial charge in [-0.25, -0.2) is 0 Å². The van der Waals surface area contributed by atoms with E-state index >= 15 is 0 Å². The molecule has 4 nitrogen and oxygen atoms in total. The molecule has 2 fully saturated rings. The predicted molar refractivity (Wildman–Crippen MR) is 42.3 cm³/mol. The first-order valence-corrected chi connectivity index (χ1v) is 4.21. The first-order valence-electron chi connectivity index (χ1n) is 4.21. The first kappa shape index (κ1) is 7.58. The molecule has 2 rings (SSSR count). The topological polar surface area (TPSA) is 40.4 Å². The van der Waals surface area contributed by atoms with E-state index in [0.717, 1.165) is 13.1 Å². The number of rotatable bonds is 1. The molecule has 0 aromatic heterocycles. The van der Waals surface area contributed by atoms with Gasteiger partial charge in [-0.1, -0.05) is 0 Å². The van der Waals surface area contributed by atoms with Crippen LogP contribution in [0, 0.1) is 5.92 Å². The van der Waals surface area contributed by atoms with E-state index < -0.39 is 0 Å². The molecule has 0 N–H and O–H groups in total. The molecule has 0 radical (unpaired) electrons. The maximum Gasteiger partial charge on any atom is 0.228 e. The Kier molecular flexibility index (Phi) is 1.56. The fourth-order valence-electron chi connectivity index (χ4n) is 1.56. The van der Waals surface area contributed by atoms with Gasteiger partial charge in [0.05, 0.1) is 5.92 Å². The van der Waals surface area contributed by atoms with Gasteiger partial charge in [-0.05, 0) is 0 Å². The minimum Gasteiger partial charge on any atom is -0.345 e. The Morgan fingerprint density at radius 3 is 2.58 bits per heavy atom. The number of nitrogens with zero attached hydrogens (tertiary/aromatic N) is 2. The Hall–Kier alpha value is -1.06. The lowest BCUT2D eigenvalue weighted by Gasteiger charge is -2.09. The van der Waals surface area contributed by atoms with Gasteiger partial charge in [0.1, 0.15) is 0 Å². The van der Waals surface area contributed by atoms with Crippen molar-refractivity contribution < 1.29 is 9.59 Å². The molecule has 2 heterocycles. The van der Waals surface area contributed by atoms with Gasteiger partial charge in [0.25, 0.3) is 0 Å². The van der Waals surface area contributed by atoms with Crippen LogP contribution in [0.1, 0.15) is 6.42 Å². The van der Waals surface area contributed by atoms with Crippen LogP contribution < -0.4 is 0 Å². The number of carbonyl (C=O) groups is 2.